The van der Waals surface area contributed by atoms with Gasteiger partial charge in [0.1, 0.15) is 0 Å². The molecule has 1 aromatic heterocycles. The number of piperidine rings is 1. The van der Waals surface area contributed by atoms with Gasteiger partial charge in [-0.2, -0.15) is 11.3 Å². The maximum Gasteiger partial charge on any atom is 0.0113 e. The van der Waals surface area contributed by atoms with Gasteiger partial charge in [-0.05, 0) is 73.9 Å². The van der Waals surface area contributed by atoms with Gasteiger partial charge in [-0.1, -0.05) is 19.3 Å². The van der Waals surface area contributed by atoms with Crippen molar-refractivity contribution >= 4 is 11.3 Å². The van der Waals surface area contributed by atoms with Crippen molar-refractivity contribution in [2.24, 2.45) is 5.92 Å². The Hall–Kier alpha value is -0.380. The standard InChI is InChI=1S/C18H30N2S/c1-14(12-15-9-11-21-13-15)20-18-8-3-2-6-16(18)17-7-4-5-10-19-17/h9,11,13-14,16-20H,2-8,10,12H2,1H3. The first-order valence-electron chi connectivity index (χ1n) is 8.83. The SMILES string of the molecule is CC(Cc1ccsc1)NC1CCCCC1C1CCCCN1. The summed E-state index contributed by atoms with van der Waals surface area (Å²) in [5.74, 6) is 0.851. The van der Waals surface area contributed by atoms with Crippen molar-refractivity contribution in [3.05, 3.63) is 22.4 Å². The Bertz CT molecular complexity index is 397. The van der Waals surface area contributed by atoms with E-state index in [1.807, 2.05) is 11.3 Å². The van der Waals surface area contributed by atoms with Crippen molar-refractivity contribution in [3.8, 4) is 0 Å². The normalized spacial score (nSPS) is 32.0. The summed E-state index contributed by atoms with van der Waals surface area (Å²) < 4.78 is 0. The van der Waals surface area contributed by atoms with E-state index < -0.39 is 0 Å². The van der Waals surface area contributed by atoms with E-state index in [4.69, 9.17) is 0 Å². The molecule has 0 bridgehead atoms. The molecule has 118 valence electrons. The lowest BCUT2D eigenvalue weighted by atomic mass is 9.77. The second-order valence-corrected chi connectivity index (χ2v) is 7.79. The fraction of sp³-hybridized carbons (Fsp3) is 0.778. The molecule has 2 nitrogen and oxygen atoms in total. The summed E-state index contributed by atoms with van der Waals surface area (Å²) in [5, 5.41) is 12.3. The topological polar surface area (TPSA) is 24.1 Å². The third-order valence-corrected chi connectivity index (χ3v) is 6.04. The van der Waals surface area contributed by atoms with Crippen molar-refractivity contribution in [3.63, 3.8) is 0 Å². The van der Waals surface area contributed by atoms with Crippen LogP contribution in [0.4, 0.5) is 0 Å². The van der Waals surface area contributed by atoms with Gasteiger partial charge in [0, 0.05) is 18.1 Å². The molecule has 1 saturated carbocycles. The molecule has 0 amide bonds. The average molecular weight is 307 g/mol. The molecule has 2 N–H and O–H groups in total. The van der Waals surface area contributed by atoms with Crippen molar-refractivity contribution in [1.82, 2.24) is 10.6 Å². The lowest BCUT2D eigenvalue weighted by Crippen LogP contribution is -2.52. The summed E-state index contributed by atoms with van der Waals surface area (Å²) in [6.07, 6.45) is 11.0. The van der Waals surface area contributed by atoms with Crippen LogP contribution in [0.1, 0.15) is 57.4 Å². The van der Waals surface area contributed by atoms with Gasteiger partial charge in [-0.15, -0.1) is 0 Å². The highest BCUT2D eigenvalue weighted by Crippen LogP contribution is 2.31. The quantitative estimate of drug-likeness (QED) is 0.860. The van der Waals surface area contributed by atoms with Gasteiger partial charge in [0.15, 0.2) is 0 Å². The van der Waals surface area contributed by atoms with Gasteiger partial charge in [0.2, 0.25) is 0 Å². The molecule has 1 aliphatic heterocycles. The third-order valence-electron chi connectivity index (χ3n) is 5.31. The largest absolute Gasteiger partial charge is 0.314 e. The zero-order valence-corrected chi connectivity index (χ0v) is 14.1. The molecule has 1 saturated heterocycles. The van der Waals surface area contributed by atoms with Crippen LogP contribution in [0.25, 0.3) is 0 Å². The van der Waals surface area contributed by atoms with Crippen molar-refractivity contribution in [1.29, 1.82) is 0 Å². The van der Waals surface area contributed by atoms with Crippen molar-refractivity contribution in [2.45, 2.75) is 76.4 Å². The summed E-state index contributed by atoms with van der Waals surface area (Å²) in [7, 11) is 0. The van der Waals surface area contributed by atoms with Crippen LogP contribution in [-0.4, -0.2) is 24.7 Å². The van der Waals surface area contributed by atoms with Crippen LogP contribution < -0.4 is 10.6 Å². The first-order chi connectivity index (χ1) is 10.3. The monoisotopic (exact) mass is 306 g/mol. The van der Waals surface area contributed by atoms with Crippen LogP contribution in [0.15, 0.2) is 16.8 Å². The predicted octanol–water partition coefficient (Wildman–Crippen LogP) is 3.97. The molecular formula is C18H30N2S. The molecule has 2 fully saturated rings. The molecule has 3 heteroatoms. The van der Waals surface area contributed by atoms with E-state index in [0.29, 0.717) is 6.04 Å². The van der Waals surface area contributed by atoms with E-state index in [1.54, 1.807) is 0 Å². The highest BCUT2D eigenvalue weighted by molar-refractivity contribution is 7.07. The molecule has 21 heavy (non-hydrogen) atoms. The Morgan fingerprint density at radius 3 is 2.86 bits per heavy atom. The van der Waals surface area contributed by atoms with Crippen LogP contribution in [0.5, 0.6) is 0 Å². The number of nitrogens with one attached hydrogen (secondary N) is 2. The number of thiophene rings is 1. The molecule has 1 aromatic rings. The molecular weight excluding hydrogens is 276 g/mol. The van der Waals surface area contributed by atoms with E-state index in [1.165, 1.54) is 63.5 Å². The molecule has 2 heterocycles. The summed E-state index contributed by atoms with van der Waals surface area (Å²) >= 11 is 1.81. The van der Waals surface area contributed by atoms with Crippen LogP contribution in [0.2, 0.25) is 0 Å². The minimum atomic E-state index is 0.591. The fourth-order valence-corrected chi connectivity index (χ4v) is 4.96. The van der Waals surface area contributed by atoms with E-state index >= 15 is 0 Å². The summed E-state index contributed by atoms with van der Waals surface area (Å²) in [6, 6.07) is 4.35. The maximum atomic E-state index is 3.97. The Morgan fingerprint density at radius 1 is 1.24 bits per heavy atom. The Labute approximate surface area is 133 Å². The zero-order valence-electron chi connectivity index (χ0n) is 13.3. The van der Waals surface area contributed by atoms with E-state index in [0.717, 1.165) is 18.0 Å². The lowest BCUT2D eigenvalue weighted by molar-refractivity contribution is 0.173. The number of rotatable bonds is 5. The second-order valence-electron chi connectivity index (χ2n) is 7.01. The molecule has 1 aliphatic carbocycles. The Kier molecular flexibility index (Phi) is 5.73. The third kappa shape index (κ3) is 4.30. The van der Waals surface area contributed by atoms with Gasteiger partial charge in [0.25, 0.3) is 0 Å². The van der Waals surface area contributed by atoms with Gasteiger partial charge >= 0.3 is 0 Å². The maximum absolute atomic E-state index is 3.97. The van der Waals surface area contributed by atoms with Crippen LogP contribution in [0, 0.1) is 5.92 Å². The van der Waals surface area contributed by atoms with Gasteiger partial charge < -0.3 is 10.6 Å². The smallest absolute Gasteiger partial charge is 0.0113 e. The van der Waals surface area contributed by atoms with Crippen molar-refractivity contribution in [2.75, 3.05) is 6.54 Å². The summed E-state index contributed by atoms with van der Waals surface area (Å²) in [4.78, 5) is 0. The van der Waals surface area contributed by atoms with E-state index in [-0.39, 0.29) is 0 Å². The molecule has 4 atom stereocenters. The molecule has 3 rings (SSSR count). The first kappa shape index (κ1) is 15.5. The van der Waals surface area contributed by atoms with Crippen LogP contribution in [0.3, 0.4) is 0 Å². The van der Waals surface area contributed by atoms with Gasteiger partial charge in [0.05, 0.1) is 0 Å². The molecule has 4 unspecified atom stereocenters. The molecule has 0 aromatic carbocycles. The minimum absolute atomic E-state index is 0.591. The Balaban J connectivity index is 1.55. The first-order valence-corrected chi connectivity index (χ1v) is 9.78. The minimum Gasteiger partial charge on any atom is -0.314 e. The summed E-state index contributed by atoms with van der Waals surface area (Å²) in [6.45, 7) is 3.59. The Morgan fingerprint density at radius 2 is 2.10 bits per heavy atom. The highest BCUT2D eigenvalue weighted by atomic mass is 32.1. The summed E-state index contributed by atoms with van der Waals surface area (Å²) in [5.41, 5.74) is 1.49. The van der Waals surface area contributed by atoms with E-state index in [2.05, 4.69) is 34.4 Å². The average Bonchev–Trinajstić information content (AvgIpc) is 3.01. The second kappa shape index (κ2) is 7.75. The van der Waals surface area contributed by atoms with E-state index in [9.17, 15) is 0 Å². The zero-order chi connectivity index (χ0) is 14.5. The molecule has 0 radical (unpaired) electrons. The van der Waals surface area contributed by atoms with Crippen molar-refractivity contribution < 1.29 is 0 Å². The predicted molar refractivity (Wildman–Crippen MR) is 92.0 cm³/mol. The lowest BCUT2D eigenvalue weighted by Gasteiger charge is -2.41. The molecule has 2 aliphatic rings. The highest BCUT2D eigenvalue weighted by Gasteiger charge is 2.32. The van der Waals surface area contributed by atoms with Gasteiger partial charge in [-0.3, -0.25) is 0 Å². The number of hydrogen-bond donors (Lipinski definition) is 2. The van der Waals surface area contributed by atoms with Crippen LogP contribution in [-0.2, 0) is 6.42 Å². The fourth-order valence-electron chi connectivity index (χ4n) is 4.28. The van der Waals surface area contributed by atoms with Gasteiger partial charge in [-0.25, -0.2) is 0 Å². The number of hydrogen-bond acceptors (Lipinski definition) is 3. The molecule has 0 spiro atoms. The van der Waals surface area contributed by atoms with Crippen LogP contribution >= 0.6 is 11.3 Å².